The lowest BCUT2D eigenvalue weighted by Gasteiger charge is -2.06. The summed E-state index contributed by atoms with van der Waals surface area (Å²) in [6, 6.07) is 3.03. The first kappa shape index (κ1) is 11.3. The van der Waals surface area contributed by atoms with Crippen LogP contribution in [0.4, 0.5) is 13.2 Å². The Morgan fingerprint density at radius 3 is 2.50 bits per heavy atom. The van der Waals surface area contributed by atoms with Gasteiger partial charge in [0.2, 0.25) is 5.82 Å². The van der Waals surface area contributed by atoms with E-state index in [1.165, 1.54) is 13.1 Å². The molecular formula is C10H8ClF3N2. The van der Waals surface area contributed by atoms with Gasteiger partial charge in [0.25, 0.3) is 0 Å². The van der Waals surface area contributed by atoms with Crippen LogP contribution >= 0.6 is 11.6 Å². The molecule has 86 valence electrons. The fourth-order valence-electron chi connectivity index (χ4n) is 1.72. The van der Waals surface area contributed by atoms with Crippen molar-refractivity contribution in [3.8, 4) is 0 Å². The number of benzene rings is 1. The van der Waals surface area contributed by atoms with Gasteiger partial charge in [0.15, 0.2) is 0 Å². The average molecular weight is 249 g/mol. The van der Waals surface area contributed by atoms with Gasteiger partial charge in [0.1, 0.15) is 0 Å². The maximum absolute atomic E-state index is 12.6. The van der Waals surface area contributed by atoms with Gasteiger partial charge >= 0.3 is 6.18 Å². The summed E-state index contributed by atoms with van der Waals surface area (Å²) in [5.74, 6) is -0.909. The summed E-state index contributed by atoms with van der Waals surface area (Å²) in [5.41, 5.74) is 1.32. The van der Waals surface area contributed by atoms with Gasteiger partial charge in [-0.1, -0.05) is 11.6 Å². The number of alkyl halides is 3. The maximum Gasteiger partial charge on any atom is 0.449 e. The highest BCUT2D eigenvalue weighted by atomic mass is 35.5. The molecule has 0 N–H and O–H groups in total. The van der Waals surface area contributed by atoms with Crippen LogP contribution in [0.2, 0.25) is 5.02 Å². The van der Waals surface area contributed by atoms with E-state index in [1.807, 2.05) is 0 Å². The summed E-state index contributed by atoms with van der Waals surface area (Å²) in [4.78, 5) is 3.56. The zero-order chi connectivity index (χ0) is 12.1. The van der Waals surface area contributed by atoms with Crippen molar-refractivity contribution < 1.29 is 13.2 Å². The summed E-state index contributed by atoms with van der Waals surface area (Å²) < 4.78 is 38.8. The Bertz CT molecular complexity index is 557. The summed E-state index contributed by atoms with van der Waals surface area (Å²) in [7, 11) is 1.33. The fraction of sp³-hybridized carbons (Fsp3) is 0.300. The summed E-state index contributed by atoms with van der Waals surface area (Å²) in [6.07, 6.45) is -4.45. The van der Waals surface area contributed by atoms with Crippen molar-refractivity contribution in [2.24, 2.45) is 7.05 Å². The van der Waals surface area contributed by atoms with Gasteiger partial charge in [0, 0.05) is 12.1 Å². The first-order valence-electron chi connectivity index (χ1n) is 4.51. The molecule has 0 bridgehead atoms. The number of hydrogen-bond acceptors (Lipinski definition) is 1. The van der Waals surface area contributed by atoms with Crippen molar-refractivity contribution in [1.29, 1.82) is 0 Å². The van der Waals surface area contributed by atoms with E-state index in [0.717, 1.165) is 4.57 Å². The molecule has 1 aromatic heterocycles. The molecule has 0 fully saturated rings. The number of rotatable bonds is 0. The Hall–Kier alpha value is -1.23. The minimum absolute atomic E-state index is 0.303. The molecule has 0 aliphatic carbocycles. The lowest BCUT2D eigenvalue weighted by Crippen LogP contribution is -2.12. The smallest absolute Gasteiger partial charge is 0.323 e. The van der Waals surface area contributed by atoms with Crippen molar-refractivity contribution in [2.45, 2.75) is 13.1 Å². The third-order valence-electron chi connectivity index (χ3n) is 2.48. The second kappa shape index (κ2) is 3.38. The third-order valence-corrected chi connectivity index (χ3v) is 2.89. The molecule has 0 amide bonds. The van der Waals surface area contributed by atoms with Gasteiger partial charge in [0.05, 0.1) is 11.0 Å². The minimum Gasteiger partial charge on any atom is -0.323 e. The summed E-state index contributed by atoms with van der Waals surface area (Å²) in [5, 5.41) is 0.434. The summed E-state index contributed by atoms with van der Waals surface area (Å²) in [6.45, 7) is 1.67. The van der Waals surface area contributed by atoms with Gasteiger partial charge < -0.3 is 4.57 Å². The Balaban J connectivity index is 2.85. The van der Waals surface area contributed by atoms with E-state index in [2.05, 4.69) is 4.98 Å². The topological polar surface area (TPSA) is 17.8 Å². The quantitative estimate of drug-likeness (QED) is 0.697. The van der Waals surface area contributed by atoms with Crippen LogP contribution in [0, 0.1) is 6.92 Å². The molecule has 16 heavy (non-hydrogen) atoms. The van der Waals surface area contributed by atoms with Gasteiger partial charge in [-0.2, -0.15) is 13.2 Å². The van der Waals surface area contributed by atoms with E-state index >= 15 is 0 Å². The molecule has 2 nitrogen and oxygen atoms in total. The first-order valence-corrected chi connectivity index (χ1v) is 4.89. The SMILES string of the molecule is Cc1c(Cl)ccc2nc(C(F)(F)F)n(C)c12. The molecule has 0 aliphatic rings. The molecule has 1 aromatic carbocycles. The largest absolute Gasteiger partial charge is 0.449 e. The molecule has 0 atom stereocenters. The van der Waals surface area contributed by atoms with Crippen LogP contribution < -0.4 is 0 Å². The van der Waals surface area contributed by atoms with Gasteiger partial charge in [-0.3, -0.25) is 0 Å². The average Bonchev–Trinajstić information content (AvgIpc) is 2.50. The maximum atomic E-state index is 12.6. The van der Waals surface area contributed by atoms with Crippen molar-refractivity contribution in [1.82, 2.24) is 9.55 Å². The first-order chi connectivity index (χ1) is 7.32. The van der Waals surface area contributed by atoms with Crippen LogP contribution in [-0.2, 0) is 13.2 Å². The van der Waals surface area contributed by atoms with Crippen LogP contribution in [-0.4, -0.2) is 9.55 Å². The van der Waals surface area contributed by atoms with Gasteiger partial charge in [-0.25, -0.2) is 4.98 Å². The van der Waals surface area contributed by atoms with E-state index in [-0.39, 0.29) is 0 Å². The van der Waals surface area contributed by atoms with Crippen LogP contribution in [0.5, 0.6) is 0 Å². The Morgan fingerprint density at radius 1 is 1.31 bits per heavy atom. The van der Waals surface area contributed by atoms with Crippen molar-refractivity contribution >= 4 is 22.6 Å². The molecule has 0 aliphatic heterocycles. The Morgan fingerprint density at radius 2 is 1.94 bits per heavy atom. The number of nitrogens with zero attached hydrogens (tertiary/aromatic N) is 2. The van der Waals surface area contributed by atoms with Crippen LogP contribution in [0.15, 0.2) is 12.1 Å². The zero-order valence-corrected chi connectivity index (χ0v) is 9.32. The molecule has 0 spiro atoms. The zero-order valence-electron chi connectivity index (χ0n) is 8.56. The van der Waals surface area contributed by atoms with Crippen LogP contribution in [0.3, 0.4) is 0 Å². The second-order valence-electron chi connectivity index (χ2n) is 3.53. The van der Waals surface area contributed by atoms with E-state index in [9.17, 15) is 13.2 Å². The highest BCUT2D eigenvalue weighted by Crippen LogP contribution is 2.33. The lowest BCUT2D eigenvalue weighted by molar-refractivity contribution is -0.146. The molecule has 1 heterocycles. The van der Waals surface area contributed by atoms with E-state index in [4.69, 9.17) is 11.6 Å². The second-order valence-corrected chi connectivity index (χ2v) is 3.94. The minimum atomic E-state index is -4.45. The van der Waals surface area contributed by atoms with E-state index in [1.54, 1.807) is 13.0 Å². The molecule has 0 saturated heterocycles. The third kappa shape index (κ3) is 1.55. The number of fused-ring (bicyclic) bond motifs is 1. The number of imidazole rings is 1. The lowest BCUT2D eigenvalue weighted by atomic mass is 10.2. The van der Waals surface area contributed by atoms with Crippen LogP contribution in [0.25, 0.3) is 11.0 Å². The standard InChI is InChI=1S/C10H8ClF3N2/c1-5-6(11)3-4-7-8(5)16(2)9(15-7)10(12,13)14/h3-4H,1-2H3. The van der Waals surface area contributed by atoms with Gasteiger partial charge in [-0.15, -0.1) is 0 Å². The highest BCUT2D eigenvalue weighted by molar-refractivity contribution is 6.32. The molecule has 2 aromatic rings. The molecule has 0 saturated carbocycles. The Labute approximate surface area is 94.6 Å². The number of aromatic nitrogens is 2. The van der Waals surface area contributed by atoms with E-state index < -0.39 is 12.0 Å². The van der Waals surface area contributed by atoms with Crippen molar-refractivity contribution in [3.63, 3.8) is 0 Å². The predicted octanol–water partition coefficient (Wildman–Crippen LogP) is 3.55. The molecule has 0 unspecified atom stereocenters. The van der Waals surface area contributed by atoms with Crippen LogP contribution in [0.1, 0.15) is 11.4 Å². The molecular weight excluding hydrogens is 241 g/mol. The molecule has 0 radical (unpaired) electrons. The number of halogens is 4. The summed E-state index contributed by atoms with van der Waals surface area (Å²) >= 11 is 5.86. The predicted molar refractivity (Wildman–Crippen MR) is 55.5 cm³/mol. The van der Waals surface area contributed by atoms with Gasteiger partial charge in [-0.05, 0) is 24.6 Å². The van der Waals surface area contributed by atoms with Crippen molar-refractivity contribution in [3.05, 3.63) is 28.5 Å². The Kier molecular flexibility index (Phi) is 2.38. The van der Waals surface area contributed by atoms with E-state index in [0.29, 0.717) is 21.6 Å². The fourth-order valence-corrected chi connectivity index (χ4v) is 1.88. The molecule has 6 heteroatoms. The van der Waals surface area contributed by atoms with Crippen molar-refractivity contribution in [2.75, 3.05) is 0 Å². The monoisotopic (exact) mass is 248 g/mol. The normalized spacial score (nSPS) is 12.4. The molecule has 2 rings (SSSR count). The highest BCUT2D eigenvalue weighted by Gasteiger charge is 2.36. The number of hydrogen-bond donors (Lipinski definition) is 0. The number of aryl methyl sites for hydroxylation is 2.